The van der Waals surface area contributed by atoms with Crippen molar-refractivity contribution in [1.29, 1.82) is 0 Å². The number of carbonyl (C=O) groups excluding carboxylic acids is 1. The molecular formula is C12H11BrN4O. The van der Waals surface area contributed by atoms with Crippen molar-refractivity contribution in [2.75, 3.05) is 5.32 Å². The van der Waals surface area contributed by atoms with Crippen LogP contribution >= 0.6 is 15.9 Å². The number of anilines is 1. The maximum Gasteiger partial charge on any atom is 0.258 e. The quantitative estimate of drug-likeness (QED) is 0.866. The zero-order chi connectivity index (χ0) is 13.1. The monoisotopic (exact) mass is 306 g/mol. The number of pyridine rings is 1. The zero-order valence-electron chi connectivity index (χ0n) is 9.94. The number of hydrogen-bond acceptors (Lipinski definition) is 4. The van der Waals surface area contributed by atoms with Crippen LogP contribution in [-0.2, 0) is 0 Å². The fraction of sp³-hybridized carbons (Fsp3) is 0.167. The molecule has 0 bridgehead atoms. The van der Waals surface area contributed by atoms with E-state index in [1.54, 1.807) is 18.3 Å². The largest absolute Gasteiger partial charge is 0.290 e. The van der Waals surface area contributed by atoms with Gasteiger partial charge in [-0.1, -0.05) is 0 Å². The lowest BCUT2D eigenvalue weighted by molar-refractivity contribution is 0.102. The van der Waals surface area contributed by atoms with Gasteiger partial charge in [0.2, 0.25) is 5.95 Å². The molecule has 1 amide bonds. The van der Waals surface area contributed by atoms with E-state index in [1.807, 2.05) is 19.9 Å². The first-order chi connectivity index (χ1) is 8.54. The molecule has 0 aliphatic heterocycles. The third-order valence-corrected chi connectivity index (χ3v) is 2.63. The standard InChI is InChI=1S/C12H11BrN4O/c1-7-5-8(2)16-12(15-7)17-11(18)9-3-4-14-10(13)6-9/h3-6H,1-2H3,(H,15,16,17,18). The van der Waals surface area contributed by atoms with Crippen LogP contribution < -0.4 is 5.32 Å². The van der Waals surface area contributed by atoms with E-state index in [9.17, 15) is 4.79 Å². The highest BCUT2D eigenvalue weighted by Crippen LogP contribution is 2.10. The highest BCUT2D eigenvalue weighted by Gasteiger charge is 2.09. The lowest BCUT2D eigenvalue weighted by Gasteiger charge is -2.05. The summed E-state index contributed by atoms with van der Waals surface area (Å²) in [5.74, 6) is 0.0496. The Hall–Kier alpha value is -1.82. The van der Waals surface area contributed by atoms with E-state index in [0.29, 0.717) is 16.1 Å². The van der Waals surface area contributed by atoms with Gasteiger partial charge in [-0.25, -0.2) is 15.0 Å². The van der Waals surface area contributed by atoms with Gasteiger partial charge in [0.05, 0.1) is 0 Å². The van der Waals surface area contributed by atoms with Gasteiger partial charge in [0.1, 0.15) is 4.60 Å². The molecule has 0 aliphatic carbocycles. The van der Waals surface area contributed by atoms with Crippen LogP contribution in [0.2, 0.25) is 0 Å². The number of aryl methyl sites for hydroxylation is 2. The molecule has 2 aromatic rings. The molecule has 0 fully saturated rings. The van der Waals surface area contributed by atoms with Gasteiger partial charge in [-0.3, -0.25) is 10.1 Å². The number of rotatable bonds is 2. The molecule has 0 unspecified atom stereocenters. The fourth-order valence-corrected chi connectivity index (χ4v) is 1.86. The van der Waals surface area contributed by atoms with Gasteiger partial charge in [-0.2, -0.15) is 0 Å². The molecule has 1 N–H and O–H groups in total. The summed E-state index contributed by atoms with van der Waals surface area (Å²) in [7, 11) is 0. The van der Waals surface area contributed by atoms with Gasteiger partial charge in [-0.05, 0) is 48.0 Å². The molecule has 0 aromatic carbocycles. The van der Waals surface area contributed by atoms with Gasteiger partial charge >= 0.3 is 0 Å². The van der Waals surface area contributed by atoms with Crippen molar-refractivity contribution in [2.45, 2.75) is 13.8 Å². The fourth-order valence-electron chi connectivity index (χ4n) is 1.50. The van der Waals surface area contributed by atoms with Crippen molar-refractivity contribution in [3.8, 4) is 0 Å². The van der Waals surface area contributed by atoms with Crippen LogP contribution in [0.4, 0.5) is 5.95 Å². The highest BCUT2D eigenvalue weighted by atomic mass is 79.9. The molecule has 0 aliphatic rings. The molecular weight excluding hydrogens is 296 g/mol. The third kappa shape index (κ3) is 3.10. The number of nitrogens with zero attached hydrogens (tertiary/aromatic N) is 3. The Morgan fingerprint density at radius 2 is 1.89 bits per heavy atom. The van der Waals surface area contributed by atoms with Crippen LogP contribution in [0.25, 0.3) is 0 Å². The van der Waals surface area contributed by atoms with Crippen molar-refractivity contribution >= 4 is 27.8 Å². The van der Waals surface area contributed by atoms with Gasteiger partial charge in [0.15, 0.2) is 0 Å². The Morgan fingerprint density at radius 1 is 1.22 bits per heavy atom. The van der Waals surface area contributed by atoms with E-state index in [0.717, 1.165) is 11.4 Å². The van der Waals surface area contributed by atoms with Gasteiger partial charge in [0.25, 0.3) is 5.91 Å². The first-order valence-corrected chi connectivity index (χ1v) is 6.09. The van der Waals surface area contributed by atoms with Gasteiger partial charge < -0.3 is 0 Å². The maximum absolute atomic E-state index is 11.9. The van der Waals surface area contributed by atoms with Crippen molar-refractivity contribution < 1.29 is 4.79 Å². The smallest absolute Gasteiger partial charge is 0.258 e. The summed E-state index contributed by atoms with van der Waals surface area (Å²) in [6.07, 6.45) is 1.56. The third-order valence-electron chi connectivity index (χ3n) is 2.20. The summed E-state index contributed by atoms with van der Waals surface area (Å²) >= 11 is 3.22. The molecule has 2 rings (SSSR count). The SMILES string of the molecule is Cc1cc(C)nc(NC(=O)c2ccnc(Br)c2)n1. The molecule has 0 spiro atoms. The average molecular weight is 307 g/mol. The first kappa shape index (κ1) is 12.6. The van der Waals surface area contributed by atoms with Crippen molar-refractivity contribution in [3.05, 3.63) is 46.0 Å². The van der Waals surface area contributed by atoms with Crippen molar-refractivity contribution in [3.63, 3.8) is 0 Å². The number of halogens is 1. The second kappa shape index (κ2) is 5.22. The van der Waals surface area contributed by atoms with Crippen molar-refractivity contribution in [2.24, 2.45) is 0 Å². The van der Waals surface area contributed by atoms with Crippen LogP contribution in [-0.4, -0.2) is 20.9 Å². The van der Waals surface area contributed by atoms with Crippen LogP contribution in [0.1, 0.15) is 21.7 Å². The van der Waals surface area contributed by atoms with Crippen LogP contribution in [0.3, 0.4) is 0 Å². The molecule has 5 nitrogen and oxygen atoms in total. The summed E-state index contributed by atoms with van der Waals surface area (Å²) in [4.78, 5) is 24.2. The molecule has 92 valence electrons. The summed E-state index contributed by atoms with van der Waals surface area (Å²) in [6, 6.07) is 5.11. The van der Waals surface area contributed by atoms with E-state index in [-0.39, 0.29) is 5.91 Å². The van der Waals surface area contributed by atoms with E-state index in [2.05, 4.69) is 36.2 Å². The summed E-state index contributed by atoms with van der Waals surface area (Å²) in [5.41, 5.74) is 2.13. The topological polar surface area (TPSA) is 67.8 Å². The van der Waals surface area contributed by atoms with Crippen molar-refractivity contribution in [1.82, 2.24) is 15.0 Å². The minimum absolute atomic E-state index is 0.261. The molecule has 2 aromatic heterocycles. The molecule has 0 saturated carbocycles. The van der Waals surface area contributed by atoms with Gasteiger partial charge in [-0.15, -0.1) is 0 Å². The Balaban J connectivity index is 2.21. The summed E-state index contributed by atoms with van der Waals surface area (Å²) < 4.78 is 0.608. The predicted octanol–water partition coefficient (Wildman–Crippen LogP) is 2.50. The highest BCUT2D eigenvalue weighted by molar-refractivity contribution is 9.10. The van der Waals surface area contributed by atoms with Crippen LogP contribution in [0, 0.1) is 13.8 Å². The number of amides is 1. The Morgan fingerprint density at radius 3 is 2.50 bits per heavy atom. The van der Waals surface area contributed by atoms with Crippen LogP contribution in [0.5, 0.6) is 0 Å². The summed E-state index contributed by atoms with van der Waals surface area (Å²) in [5, 5.41) is 2.66. The Labute approximate surface area is 113 Å². The average Bonchev–Trinajstić information content (AvgIpc) is 2.27. The van der Waals surface area contributed by atoms with E-state index >= 15 is 0 Å². The summed E-state index contributed by atoms with van der Waals surface area (Å²) in [6.45, 7) is 3.71. The Kier molecular flexibility index (Phi) is 3.66. The van der Waals surface area contributed by atoms with E-state index in [4.69, 9.17) is 0 Å². The maximum atomic E-state index is 11.9. The predicted molar refractivity (Wildman–Crippen MR) is 71.4 cm³/mol. The second-order valence-electron chi connectivity index (χ2n) is 3.80. The molecule has 0 atom stereocenters. The van der Waals surface area contributed by atoms with Crippen LogP contribution in [0.15, 0.2) is 29.0 Å². The lowest BCUT2D eigenvalue weighted by atomic mass is 10.2. The van der Waals surface area contributed by atoms with Gasteiger partial charge in [0, 0.05) is 23.1 Å². The lowest BCUT2D eigenvalue weighted by Crippen LogP contribution is -2.15. The molecule has 0 radical (unpaired) electrons. The molecule has 18 heavy (non-hydrogen) atoms. The minimum Gasteiger partial charge on any atom is -0.290 e. The molecule has 0 saturated heterocycles. The van der Waals surface area contributed by atoms with E-state index < -0.39 is 0 Å². The minimum atomic E-state index is -0.261. The molecule has 2 heterocycles. The Bertz CT molecular complexity index is 580. The zero-order valence-corrected chi connectivity index (χ0v) is 11.5. The second-order valence-corrected chi connectivity index (χ2v) is 4.61. The number of carbonyl (C=O) groups is 1. The number of hydrogen-bond donors (Lipinski definition) is 1. The number of aromatic nitrogens is 3. The number of nitrogens with one attached hydrogen (secondary N) is 1. The normalized spacial score (nSPS) is 10.2. The van der Waals surface area contributed by atoms with E-state index in [1.165, 1.54) is 0 Å². The molecule has 6 heteroatoms. The first-order valence-electron chi connectivity index (χ1n) is 5.30.